The Hall–Kier alpha value is -1.10. The van der Waals surface area contributed by atoms with Crippen LogP contribution in [0, 0.1) is 0 Å². The highest BCUT2D eigenvalue weighted by atomic mass is 16.5. The van der Waals surface area contributed by atoms with Gasteiger partial charge in [0.2, 0.25) is 0 Å². The summed E-state index contributed by atoms with van der Waals surface area (Å²) in [5, 5.41) is 0. The second-order valence-corrected chi connectivity index (χ2v) is 4.05. The van der Waals surface area contributed by atoms with Gasteiger partial charge >= 0.3 is 0 Å². The van der Waals surface area contributed by atoms with E-state index in [9.17, 15) is 0 Å². The first kappa shape index (κ1) is 15.0. The van der Waals surface area contributed by atoms with Crippen LogP contribution in [0.3, 0.4) is 0 Å². The molecule has 4 heteroatoms. The van der Waals surface area contributed by atoms with E-state index in [1.54, 1.807) is 0 Å². The van der Waals surface area contributed by atoms with Crippen molar-refractivity contribution in [3.8, 4) is 5.75 Å². The molecule has 0 aliphatic heterocycles. The second-order valence-electron chi connectivity index (χ2n) is 4.05. The zero-order chi connectivity index (χ0) is 13.4. The monoisotopic (exact) mass is 252 g/mol. The van der Waals surface area contributed by atoms with Gasteiger partial charge in [-0.15, -0.1) is 0 Å². The maximum absolute atomic E-state index is 5.72. The van der Waals surface area contributed by atoms with Gasteiger partial charge in [-0.25, -0.2) is 0 Å². The molecule has 1 aromatic rings. The summed E-state index contributed by atoms with van der Waals surface area (Å²) in [5.41, 5.74) is 3.93. The normalized spacial score (nSPS) is 14.2. The van der Waals surface area contributed by atoms with Crippen LogP contribution in [0.25, 0.3) is 0 Å². The van der Waals surface area contributed by atoms with Gasteiger partial charge in [0.1, 0.15) is 5.75 Å². The van der Waals surface area contributed by atoms with Gasteiger partial charge in [-0.1, -0.05) is 19.1 Å². The quantitative estimate of drug-likeness (QED) is 0.551. The van der Waals surface area contributed by atoms with Gasteiger partial charge in [0.05, 0.1) is 18.8 Å². The third kappa shape index (κ3) is 3.98. The molecule has 0 fully saturated rings. The Morgan fingerprint density at radius 2 is 2.00 bits per heavy atom. The lowest BCUT2D eigenvalue weighted by molar-refractivity contribution is 0.0313. The van der Waals surface area contributed by atoms with Crippen molar-refractivity contribution in [2.75, 3.05) is 13.2 Å². The molecular weight excluding hydrogens is 228 g/mol. The van der Waals surface area contributed by atoms with Crippen LogP contribution in [-0.2, 0) is 4.74 Å². The highest BCUT2D eigenvalue weighted by Gasteiger charge is 2.21. The summed E-state index contributed by atoms with van der Waals surface area (Å²) in [6.45, 7) is 7.40. The minimum atomic E-state index is -0.0182. The molecule has 0 aromatic heterocycles. The van der Waals surface area contributed by atoms with Crippen molar-refractivity contribution >= 4 is 0 Å². The average molecular weight is 252 g/mol. The summed E-state index contributed by atoms with van der Waals surface area (Å²) < 4.78 is 11.2. The van der Waals surface area contributed by atoms with E-state index in [0.29, 0.717) is 13.2 Å². The van der Waals surface area contributed by atoms with Gasteiger partial charge < -0.3 is 9.47 Å². The smallest absolute Gasteiger partial charge is 0.119 e. The molecule has 3 N–H and O–H groups in total. The van der Waals surface area contributed by atoms with E-state index < -0.39 is 0 Å². The van der Waals surface area contributed by atoms with E-state index in [2.05, 4.69) is 12.3 Å². The molecule has 1 rings (SSSR count). The molecule has 0 amide bonds. The van der Waals surface area contributed by atoms with Crippen LogP contribution in [0.2, 0.25) is 0 Å². The third-order valence-electron chi connectivity index (χ3n) is 2.86. The minimum absolute atomic E-state index is 0.0182. The van der Waals surface area contributed by atoms with Crippen LogP contribution in [0.1, 0.15) is 38.8 Å². The highest BCUT2D eigenvalue weighted by molar-refractivity contribution is 5.31. The molecular formula is C14H24N2O2. The molecule has 102 valence electrons. The van der Waals surface area contributed by atoms with Crippen molar-refractivity contribution in [1.82, 2.24) is 5.43 Å². The highest BCUT2D eigenvalue weighted by Crippen LogP contribution is 2.24. The lowest BCUT2D eigenvalue weighted by atomic mass is 10.00. The van der Waals surface area contributed by atoms with Crippen molar-refractivity contribution in [1.29, 1.82) is 0 Å². The molecule has 1 aromatic carbocycles. The lowest BCUT2D eigenvalue weighted by Gasteiger charge is -2.26. The Morgan fingerprint density at radius 3 is 2.56 bits per heavy atom. The molecule has 0 saturated carbocycles. The van der Waals surface area contributed by atoms with E-state index in [-0.39, 0.29) is 12.1 Å². The van der Waals surface area contributed by atoms with Crippen LogP contribution >= 0.6 is 0 Å². The Morgan fingerprint density at radius 1 is 1.22 bits per heavy atom. The summed E-state index contributed by atoms with van der Waals surface area (Å²) >= 11 is 0. The Balaban J connectivity index is 2.89. The zero-order valence-corrected chi connectivity index (χ0v) is 11.5. The van der Waals surface area contributed by atoms with Crippen molar-refractivity contribution in [2.45, 2.75) is 39.3 Å². The first-order chi connectivity index (χ1) is 8.76. The fourth-order valence-corrected chi connectivity index (χ4v) is 2.05. The van der Waals surface area contributed by atoms with Crippen molar-refractivity contribution in [2.24, 2.45) is 5.84 Å². The average Bonchev–Trinajstić information content (AvgIpc) is 2.39. The molecule has 0 heterocycles. The van der Waals surface area contributed by atoms with Gasteiger partial charge in [0.25, 0.3) is 0 Å². The van der Waals surface area contributed by atoms with Gasteiger partial charge in [0, 0.05) is 6.61 Å². The van der Waals surface area contributed by atoms with E-state index in [1.165, 1.54) is 0 Å². The molecule has 0 aliphatic rings. The van der Waals surface area contributed by atoms with Crippen molar-refractivity contribution < 1.29 is 9.47 Å². The number of rotatable bonds is 8. The SMILES string of the molecule is CCOc1cccc(C(NN)C(CC)OCC)c1. The third-order valence-corrected chi connectivity index (χ3v) is 2.86. The number of nitrogens with one attached hydrogen (secondary N) is 1. The number of benzene rings is 1. The number of hydrogen-bond acceptors (Lipinski definition) is 4. The molecule has 0 bridgehead atoms. The Kier molecular flexibility index (Phi) is 6.72. The maximum atomic E-state index is 5.72. The number of nitrogens with two attached hydrogens (primary N) is 1. The first-order valence-corrected chi connectivity index (χ1v) is 6.57. The Bertz CT molecular complexity index is 344. The van der Waals surface area contributed by atoms with Crippen LogP contribution in [0.15, 0.2) is 24.3 Å². The molecule has 2 unspecified atom stereocenters. The molecule has 0 spiro atoms. The molecule has 0 radical (unpaired) electrons. The summed E-state index contributed by atoms with van der Waals surface area (Å²) in [6.07, 6.45) is 0.971. The standard InChI is InChI=1S/C14H24N2O2/c1-4-13(18-6-3)14(16-15)11-8-7-9-12(10-11)17-5-2/h7-10,13-14,16H,4-6,15H2,1-3H3. The molecule has 0 saturated heterocycles. The Labute approximate surface area is 109 Å². The van der Waals surface area contributed by atoms with Crippen LogP contribution in [-0.4, -0.2) is 19.3 Å². The number of hydrogen-bond donors (Lipinski definition) is 2. The zero-order valence-electron chi connectivity index (χ0n) is 11.5. The fourth-order valence-electron chi connectivity index (χ4n) is 2.05. The number of ether oxygens (including phenoxy) is 2. The van der Waals surface area contributed by atoms with E-state index >= 15 is 0 Å². The molecule has 0 aliphatic carbocycles. The minimum Gasteiger partial charge on any atom is -0.494 e. The van der Waals surface area contributed by atoms with Crippen LogP contribution in [0.5, 0.6) is 5.75 Å². The van der Waals surface area contributed by atoms with Gasteiger partial charge in [0.15, 0.2) is 0 Å². The lowest BCUT2D eigenvalue weighted by Crippen LogP contribution is -2.37. The van der Waals surface area contributed by atoms with Crippen LogP contribution in [0.4, 0.5) is 0 Å². The second kappa shape index (κ2) is 8.08. The van der Waals surface area contributed by atoms with E-state index in [0.717, 1.165) is 17.7 Å². The summed E-state index contributed by atoms with van der Waals surface area (Å²) in [7, 11) is 0. The maximum Gasteiger partial charge on any atom is 0.119 e. The topological polar surface area (TPSA) is 56.5 Å². The molecule has 18 heavy (non-hydrogen) atoms. The largest absolute Gasteiger partial charge is 0.494 e. The van der Waals surface area contributed by atoms with Gasteiger partial charge in [-0.05, 0) is 38.0 Å². The summed E-state index contributed by atoms with van der Waals surface area (Å²) in [6, 6.07) is 7.95. The van der Waals surface area contributed by atoms with Gasteiger partial charge in [-0.3, -0.25) is 11.3 Å². The van der Waals surface area contributed by atoms with E-state index in [4.69, 9.17) is 15.3 Å². The fraction of sp³-hybridized carbons (Fsp3) is 0.571. The predicted molar refractivity (Wildman–Crippen MR) is 73.4 cm³/mol. The molecule has 2 atom stereocenters. The summed E-state index contributed by atoms with van der Waals surface area (Å²) in [5.74, 6) is 6.53. The molecule has 4 nitrogen and oxygen atoms in total. The van der Waals surface area contributed by atoms with Gasteiger partial charge in [-0.2, -0.15) is 0 Å². The predicted octanol–water partition coefficient (Wildman–Crippen LogP) is 2.40. The van der Waals surface area contributed by atoms with Crippen molar-refractivity contribution in [3.05, 3.63) is 29.8 Å². The first-order valence-electron chi connectivity index (χ1n) is 6.57. The summed E-state index contributed by atoms with van der Waals surface area (Å²) in [4.78, 5) is 0. The van der Waals surface area contributed by atoms with E-state index in [1.807, 2.05) is 38.1 Å². The van der Waals surface area contributed by atoms with Crippen LogP contribution < -0.4 is 16.0 Å². The van der Waals surface area contributed by atoms with Crippen molar-refractivity contribution in [3.63, 3.8) is 0 Å². The number of hydrazine groups is 1.